The van der Waals surface area contributed by atoms with E-state index in [0.29, 0.717) is 0 Å². The van der Waals surface area contributed by atoms with Crippen LogP contribution >= 0.6 is 0 Å². The predicted octanol–water partition coefficient (Wildman–Crippen LogP) is 3.35. The summed E-state index contributed by atoms with van der Waals surface area (Å²) in [6.45, 7) is 9.28. The van der Waals surface area contributed by atoms with Gasteiger partial charge in [0, 0.05) is 24.0 Å². The van der Waals surface area contributed by atoms with Crippen molar-refractivity contribution in [2.45, 2.75) is 46.9 Å². The van der Waals surface area contributed by atoms with Crippen LogP contribution in [-0.4, -0.2) is 10.1 Å². The third-order valence-electron chi connectivity index (χ3n) is 3.80. The highest BCUT2D eigenvalue weighted by molar-refractivity contribution is 5.33. The average molecular weight is 284 g/mol. The third kappa shape index (κ3) is 3.90. The summed E-state index contributed by atoms with van der Waals surface area (Å²) in [7, 11) is 0. The number of hydrogen-bond donors (Lipinski definition) is 2. The highest BCUT2D eigenvalue weighted by atomic mass is 16.3. The molecule has 2 rings (SSSR count). The molecule has 0 saturated carbocycles. The van der Waals surface area contributed by atoms with Crippen LogP contribution in [0.4, 0.5) is 0 Å². The number of aliphatic hydroxyl groups excluding tert-OH is 1. The van der Waals surface area contributed by atoms with E-state index >= 15 is 0 Å². The largest absolute Gasteiger partial charge is 0.392 e. The molecule has 0 saturated heterocycles. The van der Waals surface area contributed by atoms with Gasteiger partial charge in [0.1, 0.15) is 0 Å². The van der Waals surface area contributed by atoms with Crippen LogP contribution in [-0.2, 0) is 13.2 Å². The van der Waals surface area contributed by atoms with E-state index in [4.69, 9.17) is 0 Å². The highest BCUT2D eigenvalue weighted by Gasteiger charge is 2.12. The van der Waals surface area contributed by atoms with Crippen molar-refractivity contribution in [3.8, 4) is 0 Å². The summed E-state index contributed by atoms with van der Waals surface area (Å²) in [6, 6.07) is 10.4. The molecule has 0 spiro atoms. The molecular formula is C18H24N2O. The number of benzene rings is 1. The Kier molecular flexibility index (Phi) is 5.10. The van der Waals surface area contributed by atoms with Gasteiger partial charge in [-0.25, -0.2) is 0 Å². The second-order valence-corrected chi connectivity index (χ2v) is 5.66. The molecule has 0 fully saturated rings. The van der Waals surface area contributed by atoms with Gasteiger partial charge < -0.3 is 10.4 Å². The SMILES string of the molecule is Cc1cc(C)c(C(C)NCc2cccc(CO)c2)c(C)n1. The van der Waals surface area contributed by atoms with Crippen LogP contribution in [0.2, 0.25) is 0 Å². The number of nitrogens with one attached hydrogen (secondary N) is 1. The molecule has 3 nitrogen and oxygen atoms in total. The van der Waals surface area contributed by atoms with Crippen LogP contribution in [0.1, 0.15) is 46.6 Å². The molecule has 0 aliphatic rings. The third-order valence-corrected chi connectivity index (χ3v) is 3.80. The molecular weight excluding hydrogens is 260 g/mol. The van der Waals surface area contributed by atoms with Gasteiger partial charge in [-0.1, -0.05) is 24.3 Å². The van der Waals surface area contributed by atoms with E-state index in [1.165, 1.54) is 16.7 Å². The van der Waals surface area contributed by atoms with Crippen molar-refractivity contribution < 1.29 is 5.11 Å². The minimum Gasteiger partial charge on any atom is -0.392 e. The second-order valence-electron chi connectivity index (χ2n) is 5.66. The molecule has 1 heterocycles. The van der Waals surface area contributed by atoms with E-state index in [2.05, 4.69) is 43.2 Å². The van der Waals surface area contributed by atoms with Gasteiger partial charge >= 0.3 is 0 Å². The first-order chi connectivity index (χ1) is 10.0. The minimum absolute atomic E-state index is 0.0868. The van der Waals surface area contributed by atoms with E-state index in [9.17, 15) is 5.11 Å². The Hall–Kier alpha value is -1.71. The number of aryl methyl sites for hydroxylation is 3. The molecule has 1 aromatic carbocycles. The van der Waals surface area contributed by atoms with E-state index in [0.717, 1.165) is 23.5 Å². The molecule has 1 atom stereocenters. The van der Waals surface area contributed by atoms with Crippen LogP contribution in [0, 0.1) is 20.8 Å². The van der Waals surface area contributed by atoms with Crippen LogP contribution in [0.15, 0.2) is 30.3 Å². The molecule has 0 aliphatic heterocycles. The Morgan fingerprint density at radius 3 is 2.52 bits per heavy atom. The van der Waals surface area contributed by atoms with E-state index < -0.39 is 0 Å². The fourth-order valence-electron chi connectivity index (χ4n) is 2.90. The molecule has 2 aromatic rings. The topological polar surface area (TPSA) is 45.1 Å². The average Bonchev–Trinajstić information content (AvgIpc) is 2.44. The van der Waals surface area contributed by atoms with Gasteiger partial charge in [-0.05, 0) is 56.0 Å². The maximum Gasteiger partial charge on any atom is 0.0681 e. The van der Waals surface area contributed by atoms with E-state index in [1.807, 2.05) is 25.1 Å². The molecule has 112 valence electrons. The maximum absolute atomic E-state index is 9.19. The molecule has 1 aromatic heterocycles. The fraction of sp³-hybridized carbons (Fsp3) is 0.389. The summed E-state index contributed by atoms with van der Waals surface area (Å²) in [6.07, 6.45) is 0. The fourth-order valence-corrected chi connectivity index (χ4v) is 2.90. The van der Waals surface area contributed by atoms with Crippen LogP contribution in [0.3, 0.4) is 0 Å². The van der Waals surface area contributed by atoms with Crippen LogP contribution < -0.4 is 5.32 Å². The number of aromatic nitrogens is 1. The summed E-state index contributed by atoms with van der Waals surface area (Å²) in [4.78, 5) is 4.56. The lowest BCUT2D eigenvalue weighted by Crippen LogP contribution is -2.20. The first-order valence-corrected chi connectivity index (χ1v) is 7.38. The predicted molar refractivity (Wildman–Crippen MR) is 86.1 cm³/mol. The van der Waals surface area contributed by atoms with Crippen molar-refractivity contribution in [3.63, 3.8) is 0 Å². The standard InChI is InChI=1S/C18H24N2O/c1-12-8-13(2)20-15(4)18(12)14(3)19-10-16-6-5-7-17(9-16)11-21/h5-9,14,19,21H,10-11H2,1-4H3. The van der Waals surface area contributed by atoms with Gasteiger partial charge in [0.2, 0.25) is 0 Å². The lowest BCUT2D eigenvalue weighted by atomic mass is 10.00. The quantitative estimate of drug-likeness (QED) is 0.885. The smallest absolute Gasteiger partial charge is 0.0681 e. The van der Waals surface area contributed by atoms with Gasteiger partial charge in [0.25, 0.3) is 0 Å². The van der Waals surface area contributed by atoms with E-state index in [-0.39, 0.29) is 12.6 Å². The Morgan fingerprint density at radius 1 is 1.14 bits per heavy atom. The monoisotopic (exact) mass is 284 g/mol. The van der Waals surface area contributed by atoms with Gasteiger partial charge in [-0.2, -0.15) is 0 Å². The van der Waals surface area contributed by atoms with Crippen molar-refractivity contribution in [2.24, 2.45) is 0 Å². The first kappa shape index (κ1) is 15.7. The molecule has 2 N–H and O–H groups in total. The Bertz CT molecular complexity index is 599. The normalized spacial score (nSPS) is 12.4. The molecule has 21 heavy (non-hydrogen) atoms. The number of aliphatic hydroxyl groups is 1. The lowest BCUT2D eigenvalue weighted by Gasteiger charge is -2.19. The summed E-state index contributed by atoms with van der Waals surface area (Å²) >= 11 is 0. The Morgan fingerprint density at radius 2 is 1.86 bits per heavy atom. The first-order valence-electron chi connectivity index (χ1n) is 7.38. The highest BCUT2D eigenvalue weighted by Crippen LogP contribution is 2.21. The summed E-state index contributed by atoms with van der Waals surface area (Å²) in [5.74, 6) is 0. The van der Waals surface area contributed by atoms with Crippen LogP contribution in [0.25, 0.3) is 0 Å². The zero-order chi connectivity index (χ0) is 15.4. The van der Waals surface area contributed by atoms with Gasteiger partial charge in [0.05, 0.1) is 6.61 Å². The zero-order valence-corrected chi connectivity index (χ0v) is 13.3. The molecule has 0 amide bonds. The number of hydrogen-bond acceptors (Lipinski definition) is 3. The van der Waals surface area contributed by atoms with Crippen molar-refractivity contribution >= 4 is 0 Å². The van der Waals surface area contributed by atoms with Gasteiger partial charge in [-0.15, -0.1) is 0 Å². The van der Waals surface area contributed by atoms with Crippen molar-refractivity contribution in [1.29, 1.82) is 0 Å². The second kappa shape index (κ2) is 6.83. The van der Waals surface area contributed by atoms with Gasteiger partial charge in [0.15, 0.2) is 0 Å². The number of nitrogens with zero attached hydrogens (tertiary/aromatic N) is 1. The Balaban J connectivity index is 2.10. The molecule has 0 aliphatic carbocycles. The zero-order valence-electron chi connectivity index (χ0n) is 13.3. The van der Waals surface area contributed by atoms with E-state index in [1.54, 1.807) is 0 Å². The Labute approximate surface area is 127 Å². The number of pyridine rings is 1. The molecule has 1 unspecified atom stereocenters. The lowest BCUT2D eigenvalue weighted by molar-refractivity contribution is 0.281. The van der Waals surface area contributed by atoms with Crippen molar-refractivity contribution in [1.82, 2.24) is 10.3 Å². The van der Waals surface area contributed by atoms with Crippen LogP contribution in [0.5, 0.6) is 0 Å². The van der Waals surface area contributed by atoms with Crippen molar-refractivity contribution in [2.75, 3.05) is 0 Å². The summed E-state index contributed by atoms with van der Waals surface area (Å²) in [5, 5.41) is 12.7. The summed E-state index contributed by atoms with van der Waals surface area (Å²) < 4.78 is 0. The molecule has 0 bridgehead atoms. The van der Waals surface area contributed by atoms with Crippen molar-refractivity contribution in [3.05, 3.63) is 64.0 Å². The molecule has 0 radical (unpaired) electrons. The van der Waals surface area contributed by atoms with Gasteiger partial charge in [-0.3, -0.25) is 4.98 Å². The maximum atomic E-state index is 9.19. The molecule has 3 heteroatoms. The summed E-state index contributed by atoms with van der Waals surface area (Å²) in [5.41, 5.74) is 6.85. The minimum atomic E-state index is 0.0868. The number of rotatable bonds is 5.